The maximum Gasteiger partial charge on any atom is 2.00 e. The first kappa shape index (κ1) is 101. The normalized spacial score (nSPS) is 15.2. The van der Waals surface area contributed by atoms with Crippen LogP contribution in [0.3, 0.4) is 0 Å². The first-order chi connectivity index (χ1) is 61.0. The number of nitrogens with zero attached hydrogens (tertiary/aromatic N) is 18. The molecule has 5 aliphatic rings. The first-order valence-corrected chi connectivity index (χ1v) is 46.5. The van der Waals surface area contributed by atoms with Crippen molar-refractivity contribution in [3.63, 3.8) is 0 Å². The largest absolute Gasteiger partial charge is 2.00 e. The molecular formula is C88H106Cl2IN25O10S2Zn. The molecule has 11 heterocycles. The van der Waals surface area contributed by atoms with E-state index in [1.807, 2.05) is 102 Å². The second-order valence-corrected chi connectivity index (χ2v) is 38.7. The van der Waals surface area contributed by atoms with Gasteiger partial charge in [-0.1, -0.05) is 35.4 Å². The minimum Gasteiger partial charge on any atom is -0.512 e. The predicted octanol–water partition coefficient (Wildman–Crippen LogP) is 13.6. The summed E-state index contributed by atoms with van der Waals surface area (Å²) in [6, 6.07) is 33.4. The summed E-state index contributed by atoms with van der Waals surface area (Å²) in [7, 11) is -7.90. The number of likely N-dealkylation sites (tertiary alicyclic amines) is 2. The number of hydrogen-bond donors (Lipinski definition) is 7. The van der Waals surface area contributed by atoms with Crippen LogP contribution in [-0.4, -0.2) is 226 Å². The summed E-state index contributed by atoms with van der Waals surface area (Å²) in [5.41, 5.74) is 12.0. The van der Waals surface area contributed by atoms with Gasteiger partial charge in [-0.3, -0.25) is 9.59 Å². The number of fused-ring (bicyclic) bond motifs is 3. The minimum absolute atomic E-state index is 0. The number of piperazine rings is 2. The number of carbonyl (C=O) groups excluding carboxylic acids is 4. The molecule has 0 radical (unpaired) electrons. The first-order valence-electron chi connectivity index (χ1n) is 41.7. The smallest absolute Gasteiger partial charge is 0.512 e. The van der Waals surface area contributed by atoms with Gasteiger partial charge in [-0.2, -0.15) is 30.5 Å². The van der Waals surface area contributed by atoms with Crippen LogP contribution in [0.4, 0.5) is 55.7 Å². The van der Waals surface area contributed by atoms with Crippen molar-refractivity contribution in [2.24, 2.45) is 17.8 Å². The number of nitrogen functional groups attached to an aromatic ring is 1. The van der Waals surface area contributed by atoms with Crippen molar-refractivity contribution in [3.05, 3.63) is 165 Å². The maximum atomic E-state index is 13.4. The van der Waals surface area contributed by atoms with Gasteiger partial charge in [-0.05, 0) is 243 Å². The topological polar surface area (TPSA) is 459 Å². The van der Waals surface area contributed by atoms with Crippen LogP contribution in [0.1, 0.15) is 116 Å². The molecule has 678 valence electrons. The number of hydrogen-bond acceptors (Lipinski definition) is 28. The SMILES string of the molecule is CC(=O)N1CCN(c2ccc(N)cc2)CC1.CC(=O)N1CCN(c2ccc(Nc3nc(NCC4CCNCC4)c4c(C#N)c[nH]c4n3)cc2)CC1.Cc1ccc(S(=O)(=O)n2cc(C#N)c3c(NCC4CCN(C(=O)OC(C)(C)C)CC4)nc(Cl)nc32)cc1.Cc1ccc(S(=O)(=O)n2cc(I)c3c(NCC4CCN(C(=O)OC(C)(C)C)CC4)nc(Cl)nc32)cc1.[C-]#N.[C-]#N.[Zn+2]. The van der Waals surface area contributed by atoms with Crippen molar-refractivity contribution in [1.82, 2.24) is 67.7 Å². The van der Waals surface area contributed by atoms with E-state index >= 15 is 0 Å². The molecule has 0 saturated carbocycles. The second-order valence-electron chi connectivity index (χ2n) is 33.3. The second kappa shape index (κ2) is 45.7. The van der Waals surface area contributed by atoms with Crippen molar-refractivity contribution in [1.29, 1.82) is 21.0 Å². The minimum atomic E-state index is -4.03. The molecule has 4 aromatic carbocycles. The van der Waals surface area contributed by atoms with Gasteiger partial charge in [-0.15, -0.1) is 0 Å². The molecule has 6 aromatic heterocycles. The number of aryl methyl sites for hydroxylation is 2. The molecule has 5 saturated heterocycles. The number of anilines is 8. The number of carbonyl (C=O) groups is 4. The van der Waals surface area contributed by atoms with Crippen molar-refractivity contribution in [2.75, 3.05) is 148 Å². The number of H-pyrrole nitrogens is 1. The van der Waals surface area contributed by atoms with Crippen LogP contribution in [0.25, 0.3) is 33.1 Å². The number of ether oxygens (including phenoxy) is 2. The molecule has 0 atom stereocenters. The Morgan fingerprint density at radius 3 is 1.32 bits per heavy atom. The summed E-state index contributed by atoms with van der Waals surface area (Å²) < 4.78 is 67.2. The Hall–Kier alpha value is -11.4. The molecular weight excluding hydrogens is 1890 g/mol. The van der Waals surface area contributed by atoms with Gasteiger partial charge < -0.3 is 99.8 Å². The maximum absolute atomic E-state index is 13.4. The van der Waals surface area contributed by atoms with E-state index < -0.39 is 31.2 Å². The quantitative estimate of drug-likeness (QED) is 0.0146. The van der Waals surface area contributed by atoms with E-state index in [0.29, 0.717) is 94.7 Å². The average Bonchev–Trinajstić information content (AvgIpc) is 1.64. The fraction of sp³-hybridized carbons (Fsp3) is 0.432. The van der Waals surface area contributed by atoms with Crippen molar-refractivity contribution in [2.45, 2.75) is 129 Å². The van der Waals surface area contributed by atoms with Crippen LogP contribution in [0.15, 0.2) is 125 Å². The monoisotopic (exact) mass is 2000 g/mol. The van der Waals surface area contributed by atoms with Gasteiger partial charge >= 0.3 is 31.7 Å². The van der Waals surface area contributed by atoms with E-state index in [-0.39, 0.29) is 92.0 Å². The number of piperidine rings is 3. The molecule has 41 heteroatoms. The number of rotatable bonds is 17. The van der Waals surface area contributed by atoms with Gasteiger partial charge in [0.15, 0.2) is 11.3 Å². The van der Waals surface area contributed by atoms with Gasteiger partial charge in [0, 0.05) is 157 Å². The van der Waals surface area contributed by atoms with Crippen LogP contribution in [-0.2, 0) is 58.6 Å². The van der Waals surface area contributed by atoms with Gasteiger partial charge in [0.05, 0.1) is 37.1 Å². The van der Waals surface area contributed by atoms with Crippen LogP contribution in [0, 0.1) is 81.5 Å². The van der Waals surface area contributed by atoms with Gasteiger partial charge in [0.25, 0.3) is 20.0 Å². The number of halogens is 3. The molecule has 35 nitrogen and oxygen atoms in total. The van der Waals surface area contributed by atoms with E-state index in [0.717, 1.165) is 152 Å². The van der Waals surface area contributed by atoms with E-state index in [4.69, 9.17) is 67.1 Å². The van der Waals surface area contributed by atoms with Crippen LogP contribution < -0.4 is 42.1 Å². The summed E-state index contributed by atoms with van der Waals surface area (Å²) in [5, 5.41) is 50.0. The Balaban J connectivity index is 0.000000197. The summed E-state index contributed by atoms with van der Waals surface area (Å²) in [4.78, 5) is 88.9. The third-order valence-corrected chi connectivity index (χ3v) is 26.4. The van der Waals surface area contributed by atoms with Crippen molar-refractivity contribution >= 4 is 169 Å². The molecule has 5 aliphatic heterocycles. The Morgan fingerprint density at radius 2 is 0.907 bits per heavy atom. The van der Waals surface area contributed by atoms with Crippen molar-refractivity contribution in [3.8, 4) is 12.1 Å². The molecule has 10 aromatic rings. The number of aromatic nitrogens is 9. The Morgan fingerprint density at radius 1 is 0.519 bits per heavy atom. The molecule has 129 heavy (non-hydrogen) atoms. The number of nitrogens with two attached hydrogens (primary N) is 1. The van der Waals surface area contributed by atoms with Gasteiger partial charge in [0.2, 0.25) is 28.3 Å². The van der Waals surface area contributed by atoms with E-state index in [1.165, 1.54) is 30.2 Å². The van der Waals surface area contributed by atoms with Crippen LogP contribution >= 0.6 is 45.8 Å². The Labute approximate surface area is 788 Å². The van der Waals surface area contributed by atoms with Crippen LogP contribution in [0.2, 0.25) is 10.6 Å². The number of aromatic amines is 1. The molecule has 0 unspecified atom stereocenters. The molecule has 0 spiro atoms. The third-order valence-electron chi connectivity index (χ3n) is 21.9. The fourth-order valence-electron chi connectivity index (χ4n) is 15.0. The van der Waals surface area contributed by atoms with E-state index in [2.05, 4.69) is 113 Å². The Kier molecular flexibility index (Phi) is 35.9. The number of amides is 4. The van der Waals surface area contributed by atoms with Gasteiger partial charge in [-0.25, -0.2) is 44.3 Å². The summed E-state index contributed by atoms with van der Waals surface area (Å²) in [5.74, 6) is 3.34. The number of nitrogens with one attached hydrogen (secondary N) is 6. The van der Waals surface area contributed by atoms with Crippen LogP contribution in [0.5, 0.6) is 0 Å². The fourth-order valence-corrected chi connectivity index (χ4v) is 18.9. The molecule has 0 bridgehead atoms. The standard InChI is InChI=1S/C25H29ClN6O4S.C25H31N9O.C24H29ClIN5O4S.C12H17N3O.2CN.Zn/c1-16-5-7-19(8-6-16)37(34,35)32-15-18(13-27)20-21(29-23(26)30-22(20)32)28-14-17-9-11-31(12-10-17)24(33)36-25(2,3)4;1-17(35)33-10-12-34(13-11-33)21-4-2-20(3-5-21)30-25-31-23(28-15-18-6-8-27-9-7-18)22-19(14-26)16-29-24(22)32-25;1-15-5-7-17(8-6-15)36(33,34)31-14-18(26)19-20(28-22(25)29-21(19)31)27-13-16-9-11-30(12-10-16)23(32)35-24(2,3)4;1-10(16)14-6-8-15(9-7-14)12-4-2-11(13)3-5-12;2*1-2;/h5-8,15,17H,9-12,14H2,1-4H3,(H,28,29,30);2-5,16,18,27H,6-13,15H2,1H3,(H3,28,29,30,31,32);5-8,14,16H,9-13H2,1-4H3,(H,27,28,29);2-5H,6-9,13H2,1H3;;;/q;;;;2*-1;+2. The summed E-state index contributed by atoms with van der Waals surface area (Å²) >= 11 is 14.5. The molecule has 15 rings (SSSR count). The molecule has 4 amide bonds. The third kappa shape index (κ3) is 26.9. The molecule has 0 aliphatic carbocycles. The Bertz CT molecular complexity index is 5900. The molecule has 5 fully saturated rings. The van der Waals surface area contributed by atoms with E-state index in [1.54, 1.807) is 66.2 Å². The van der Waals surface area contributed by atoms with Gasteiger partial charge in [0.1, 0.15) is 46.4 Å². The molecule has 8 N–H and O–H groups in total. The summed E-state index contributed by atoms with van der Waals surface area (Å²) in [6.45, 7) is 40.5. The zero-order chi connectivity index (χ0) is 93.0. The summed E-state index contributed by atoms with van der Waals surface area (Å²) in [6.07, 6.45) is 9.24. The zero-order valence-corrected chi connectivity index (χ0v) is 82.1. The number of nitriles is 2. The predicted molar refractivity (Wildman–Crippen MR) is 500 cm³/mol. The van der Waals surface area contributed by atoms with Crippen molar-refractivity contribution < 1.29 is 65.0 Å². The average molecular weight is 2000 g/mol. The number of benzene rings is 4. The zero-order valence-electron chi connectivity index (χ0n) is 73.8. The van der Waals surface area contributed by atoms with E-state index in [9.17, 15) is 46.5 Å².